The molecule has 7 heteroatoms. The zero-order valence-corrected chi connectivity index (χ0v) is 11.9. The van der Waals surface area contributed by atoms with Crippen LogP contribution < -0.4 is 11.5 Å². The number of nitrogen functional groups attached to an aromatic ring is 2. The van der Waals surface area contributed by atoms with Crippen LogP contribution in [0.15, 0.2) is 18.2 Å². The fraction of sp³-hybridized carbons (Fsp3) is 0.500. The second-order valence-electron chi connectivity index (χ2n) is 5.39. The predicted molar refractivity (Wildman–Crippen MR) is 80.3 cm³/mol. The maximum atomic E-state index is 5.83. The minimum Gasteiger partial charge on any atom is -0.399 e. The van der Waals surface area contributed by atoms with Gasteiger partial charge in [0, 0.05) is 30.1 Å². The number of hydrogen-bond acceptors (Lipinski definition) is 6. The van der Waals surface area contributed by atoms with Crippen LogP contribution in [0, 0.1) is 0 Å². The second-order valence-corrected chi connectivity index (χ2v) is 5.39. The smallest absolute Gasteiger partial charge is 0.182 e. The molecule has 0 bridgehead atoms. The molecule has 1 atom stereocenters. The van der Waals surface area contributed by atoms with Gasteiger partial charge in [0.05, 0.1) is 6.10 Å². The first-order valence-electron chi connectivity index (χ1n) is 7.26. The highest BCUT2D eigenvalue weighted by Gasteiger charge is 2.16. The number of rotatable bonds is 4. The summed E-state index contributed by atoms with van der Waals surface area (Å²) in [7, 11) is 0. The summed E-state index contributed by atoms with van der Waals surface area (Å²) in [4.78, 5) is 0. The highest BCUT2D eigenvalue weighted by molar-refractivity contribution is 5.67. The number of benzene rings is 1. The average molecular weight is 288 g/mol. The largest absolute Gasteiger partial charge is 0.399 e. The number of nitrogens with two attached hydrogens (primary N) is 2. The summed E-state index contributed by atoms with van der Waals surface area (Å²) in [5.74, 6) is 0.685. The van der Waals surface area contributed by atoms with E-state index in [1.165, 1.54) is 6.42 Å². The maximum absolute atomic E-state index is 5.83. The molecule has 1 saturated heterocycles. The van der Waals surface area contributed by atoms with Crippen molar-refractivity contribution in [3.8, 4) is 11.4 Å². The third-order valence-electron chi connectivity index (χ3n) is 3.70. The molecule has 1 aliphatic heterocycles. The Kier molecular flexibility index (Phi) is 4.01. The lowest BCUT2D eigenvalue weighted by atomic mass is 10.1. The van der Waals surface area contributed by atoms with Crippen LogP contribution in [0.1, 0.15) is 25.7 Å². The van der Waals surface area contributed by atoms with E-state index in [0.717, 1.165) is 38.0 Å². The minimum absolute atomic E-state index is 0.307. The molecule has 1 aromatic heterocycles. The number of nitrogens with zero attached hydrogens (tertiary/aromatic N) is 4. The van der Waals surface area contributed by atoms with E-state index in [-0.39, 0.29) is 0 Å². The first-order chi connectivity index (χ1) is 10.2. The van der Waals surface area contributed by atoms with Crippen molar-refractivity contribution in [2.45, 2.75) is 38.3 Å². The molecular weight excluding hydrogens is 268 g/mol. The second kappa shape index (κ2) is 6.09. The summed E-state index contributed by atoms with van der Waals surface area (Å²) in [6, 6.07) is 5.37. The summed E-state index contributed by atoms with van der Waals surface area (Å²) in [6.07, 6.45) is 4.73. The lowest BCUT2D eigenvalue weighted by Gasteiger charge is -2.22. The molecule has 2 aromatic rings. The van der Waals surface area contributed by atoms with Crippen molar-refractivity contribution in [1.82, 2.24) is 20.2 Å². The van der Waals surface area contributed by atoms with Crippen molar-refractivity contribution < 1.29 is 4.74 Å². The van der Waals surface area contributed by atoms with Gasteiger partial charge in [0.15, 0.2) is 5.82 Å². The van der Waals surface area contributed by atoms with Crippen molar-refractivity contribution in [1.29, 1.82) is 0 Å². The molecule has 1 fully saturated rings. The molecule has 1 unspecified atom stereocenters. The third kappa shape index (κ3) is 3.30. The lowest BCUT2D eigenvalue weighted by molar-refractivity contribution is 0.00828. The Labute approximate surface area is 123 Å². The van der Waals surface area contributed by atoms with Crippen LogP contribution in [0.25, 0.3) is 11.4 Å². The quantitative estimate of drug-likeness (QED) is 0.825. The normalized spacial score (nSPS) is 18.8. The maximum Gasteiger partial charge on any atom is 0.182 e. The van der Waals surface area contributed by atoms with Crippen molar-refractivity contribution in [2.75, 3.05) is 18.1 Å². The van der Waals surface area contributed by atoms with Gasteiger partial charge in [-0.2, -0.15) is 0 Å². The molecule has 2 heterocycles. The zero-order valence-electron chi connectivity index (χ0n) is 11.9. The van der Waals surface area contributed by atoms with Crippen LogP contribution in [0.2, 0.25) is 0 Å². The zero-order chi connectivity index (χ0) is 14.7. The third-order valence-corrected chi connectivity index (χ3v) is 3.70. The van der Waals surface area contributed by atoms with E-state index in [2.05, 4.69) is 15.5 Å². The molecule has 0 saturated carbocycles. The Morgan fingerprint density at radius 3 is 2.71 bits per heavy atom. The monoisotopic (exact) mass is 288 g/mol. The van der Waals surface area contributed by atoms with Gasteiger partial charge in [-0.25, -0.2) is 4.68 Å². The first-order valence-corrected chi connectivity index (χ1v) is 7.26. The lowest BCUT2D eigenvalue weighted by Crippen LogP contribution is -2.21. The molecule has 7 nitrogen and oxygen atoms in total. The molecule has 21 heavy (non-hydrogen) atoms. The van der Waals surface area contributed by atoms with Crippen LogP contribution in [0.4, 0.5) is 11.4 Å². The highest BCUT2D eigenvalue weighted by atomic mass is 16.5. The van der Waals surface area contributed by atoms with Gasteiger partial charge in [0.1, 0.15) is 0 Å². The summed E-state index contributed by atoms with van der Waals surface area (Å²) in [5.41, 5.74) is 13.7. The van der Waals surface area contributed by atoms with Crippen molar-refractivity contribution in [3.05, 3.63) is 18.2 Å². The van der Waals surface area contributed by atoms with Crippen molar-refractivity contribution >= 4 is 11.4 Å². The van der Waals surface area contributed by atoms with Crippen LogP contribution in [-0.4, -0.2) is 32.9 Å². The fourth-order valence-electron chi connectivity index (χ4n) is 2.67. The number of anilines is 2. The van der Waals surface area contributed by atoms with Gasteiger partial charge in [0.2, 0.25) is 0 Å². The Morgan fingerprint density at radius 2 is 2.00 bits per heavy atom. The van der Waals surface area contributed by atoms with E-state index in [1.54, 1.807) is 10.7 Å². The molecule has 0 amide bonds. The average Bonchev–Trinajstić information content (AvgIpc) is 2.93. The Balaban J connectivity index is 1.74. The molecular formula is C14H20N6O. The number of hydrogen-bond donors (Lipinski definition) is 2. The molecule has 0 radical (unpaired) electrons. The van der Waals surface area contributed by atoms with Crippen LogP contribution >= 0.6 is 0 Å². The van der Waals surface area contributed by atoms with Gasteiger partial charge in [-0.05, 0) is 54.3 Å². The molecule has 3 rings (SSSR count). The summed E-state index contributed by atoms with van der Waals surface area (Å²) in [5, 5.41) is 11.9. The van der Waals surface area contributed by atoms with Crippen molar-refractivity contribution in [2.24, 2.45) is 0 Å². The molecule has 1 aliphatic rings. The van der Waals surface area contributed by atoms with E-state index in [1.807, 2.05) is 12.1 Å². The predicted octanol–water partition coefficient (Wildman–Crippen LogP) is 1.46. The van der Waals surface area contributed by atoms with Gasteiger partial charge < -0.3 is 16.2 Å². The highest BCUT2D eigenvalue weighted by Crippen LogP contribution is 2.23. The van der Waals surface area contributed by atoms with E-state index in [0.29, 0.717) is 23.3 Å². The fourth-order valence-corrected chi connectivity index (χ4v) is 2.67. The minimum atomic E-state index is 0.307. The molecule has 112 valence electrons. The molecule has 0 aliphatic carbocycles. The Morgan fingerprint density at radius 1 is 1.19 bits per heavy atom. The first kappa shape index (κ1) is 13.8. The van der Waals surface area contributed by atoms with Crippen molar-refractivity contribution in [3.63, 3.8) is 0 Å². The standard InChI is InChI=1S/C14H20N6O/c15-11-7-10(8-12(16)9-11)14-17-18-19-20(14)5-4-13-3-1-2-6-21-13/h7-9,13H,1-6,15-16H2. The summed E-state index contributed by atoms with van der Waals surface area (Å²) in [6.45, 7) is 1.58. The number of aromatic nitrogens is 4. The Bertz CT molecular complexity index is 585. The summed E-state index contributed by atoms with van der Waals surface area (Å²) < 4.78 is 7.52. The Hall–Kier alpha value is -2.15. The molecule has 1 aromatic carbocycles. The van der Waals surface area contributed by atoms with Crippen LogP contribution in [0.5, 0.6) is 0 Å². The number of tetrazole rings is 1. The van der Waals surface area contributed by atoms with Gasteiger partial charge in [-0.3, -0.25) is 0 Å². The number of aryl methyl sites for hydroxylation is 1. The van der Waals surface area contributed by atoms with Crippen LogP contribution in [-0.2, 0) is 11.3 Å². The van der Waals surface area contributed by atoms with Crippen LogP contribution in [0.3, 0.4) is 0 Å². The van der Waals surface area contributed by atoms with E-state index in [9.17, 15) is 0 Å². The molecule has 0 spiro atoms. The van der Waals surface area contributed by atoms with Gasteiger partial charge in [-0.1, -0.05) is 0 Å². The van der Waals surface area contributed by atoms with E-state index < -0.39 is 0 Å². The van der Waals surface area contributed by atoms with Gasteiger partial charge >= 0.3 is 0 Å². The van der Waals surface area contributed by atoms with Gasteiger partial charge in [0.25, 0.3) is 0 Å². The topological polar surface area (TPSA) is 105 Å². The van der Waals surface area contributed by atoms with Gasteiger partial charge in [-0.15, -0.1) is 5.10 Å². The SMILES string of the molecule is Nc1cc(N)cc(-c2nnnn2CCC2CCCCO2)c1. The summed E-state index contributed by atoms with van der Waals surface area (Å²) >= 11 is 0. The molecule has 4 N–H and O–H groups in total. The van der Waals surface area contributed by atoms with E-state index >= 15 is 0 Å². The number of ether oxygens (including phenoxy) is 1. The van der Waals surface area contributed by atoms with E-state index in [4.69, 9.17) is 16.2 Å².